The first-order valence-corrected chi connectivity index (χ1v) is 5.51. The molecule has 0 radical (unpaired) electrons. The van der Waals surface area contributed by atoms with Gasteiger partial charge in [-0.05, 0) is 18.6 Å². The molecule has 2 rings (SSSR count). The normalized spacial score (nSPS) is 10.4. The summed E-state index contributed by atoms with van der Waals surface area (Å²) >= 11 is 0. The van der Waals surface area contributed by atoms with Crippen LogP contribution in [0.1, 0.15) is 23.7 Å². The zero-order chi connectivity index (χ0) is 12.3. The van der Waals surface area contributed by atoms with Gasteiger partial charge in [0, 0.05) is 24.3 Å². The molecule has 0 spiro atoms. The van der Waals surface area contributed by atoms with E-state index in [4.69, 9.17) is 5.73 Å². The van der Waals surface area contributed by atoms with E-state index < -0.39 is 5.91 Å². The molecule has 2 aromatic rings. The van der Waals surface area contributed by atoms with Crippen LogP contribution >= 0.6 is 0 Å². The molecule has 2 heterocycles. The van der Waals surface area contributed by atoms with Crippen LogP contribution in [0.4, 0.5) is 5.82 Å². The molecule has 0 fully saturated rings. The van der Waals surface area contributed by atoms with Crippen molar-refractivity contribution in [2.75, 3.05) is 11.9 Å². The fourth-order valence-corrected chi connectivity index (χ4v) is 1.58. The molecule has 5 heteroatoms. The van der Waals surface area contributed by atoms with Crippen LogP contribution in [-0.4, -0.2) is 22.4 Å². The number of carbonyl (C=O) groups excluding carboxylic acids is 1. The SMILES string of the molecule is CCCNc1nc2ccncc2cc1C(N)=O. The minimum atomic E-state index is -0.484. The third-order valence-corrected chi connectivity index (χ3v) is 2.42. The van der Waals surface area contributed by atoms with Crippen LogP contribution in [0.5, 0.6) is 0 Å². The fourth-order valence-electron chi connectivity index (χ4n) is 1.58. The largest absolute Gasteiger partial charge is 0.369 e. The number of aromatic nitrogens is 2. The molecule has 1 amide bonds. The molecule has 0 aliphatic rings. The zero-order valence-corrected chi connectivity index (χ0v) is 9.60. The molecule has 88 valence electrons. The molecular weight excluding hydrogens is 216 g/mol. The van der Waals surface area contributed by atoms with E-state index in [0.29, 0.717) is 11.4 Å². The van der Waals surface area contributed by atoms with Gasteiger partial charge in [-0.2, -0.15) is 0 Å². The second-order valence-electron chi connectivity index (χ2n) is 3.74. The average molecular weight is 230 g/mol. The topological polar surface area (TPSA) is 80.9 Å². The number of pyridine rings is 2. The Hall–Kier alpha value is -2.17. The van der Waals surface area contributed by atoms with Crippen LogP contribution in [0.2, 0.25) is 0 Å². The summed E-state index contributed by atoms with van der Waals surface area (Å²) in [5.41, 5.74) is 6.53. The van der Waals surface area contributed by atoms with Crippen LogP contribution in [0.25, 0.3) is 10.9 Å². The van der Waals surface area contributed by atoms with Crippen molar-refractivity contribution in [2.24, 2.45) is 5.73 Å². The molecule has 0 atom stereocenters. The lowest BCUT2D eigenvalue weighted by atomic mass is 10.1. The van der Waals surface area contributed by atoms with Gasteiger partial charge in [-0.1, -0.05) is 6.92 Å². The molecule has 3 N–H and O–H groups in total. The van der Waals surface area contributed by atoms with E-state index in [9.17, 15) is 4.79 Å². The van der Waals surface area contributed by atoms with Crippen molar-refractivity contribution < 1.29 is 4.79 Å². The second kappa shape index (κ2) is 4.78. The van der Waals surface area contributed by atoms with E-state index in [-0.39, 0.29) is 0 Å². The lowest BCUT2D eigenvalue weighted by molar-refractivity contribution is 0.100. The predicted molar refractivity (Wildman–Crippen MR) is 66.8 cm³/mol. The maximum absolute atomic E-state index is 11.4. The highest BCUT2D eigenvalue weighted by atomic mass is 16.1. The summed E-state index contributed by atoms with van der Waals surface area (Å²) in [7, 11) is 0. The number of anilines is 1. The first kappa shape index (κ1) is 11.3. The second-order valence-corrected chi connectivity index (χ2v) is 3.74. The van der Waals surface area contributed by atoms with Crippen molar-refractivity contribution in [1.82, 2.24) is 9.97 Å². The number of primary amides is 1. The molecule has 2 aromatic heterocycles. The number of hydrogen-bond acceptors (Lipinski definition) is 4. The lowest BCUT2D eigenvalue weighted by Crippen LogP contribution is -2.16. The maximum Gasteiger partial charge on any atom is 0.252 e. The summed E-state index contributed by atoms with van der Waals surface area (Å²) < 4.78 is 0. The van der Waals surface area contributed by atoms with Crippen molar-refractivity contribution in [2.45, 2.75) is 13.3 Å². The highest BCUT2D eigenvalue weighted by Gasteiger charge is 2.11. The van der Waals surface area contributed by atoms with Crippen LogP contribution in [-0.2, 0) is 0 Å². The monoisotopic (exact) mass is 230 g/mol. The third kappa shape index (κ3) is 2.33. The summed E-state index contributed by atoms with van der Waals surface area (Å²) in [4.78, 5) is 19.7. The van der Waals surface area contributed by atoms with Crippen LogP contribution in [0, 0.1) is 0 Å². The number of nitrogens with two attached hydrogens (primary N) is 1. The molecule has 0 bridgehead atoms. The Morgan fingerprint density at radius 3 is 3.06 bits per heavy atom. The van der Waals surface area contributed by atoms with Gasteiger partial charge in [0.05, 0.1) is 11.1 Å². The summed E-state index contributed by atoms with van der Waals surface area (Å²) in [5.74, 6) is 0.0555. The van der Waals surface area contributed by atoms with Crippen LogP contribution in [0.15, 0.2) is 24.5 Å². The van der Waals surface area contributed by atoms with Crippen molar-refractivity contribution in [3.8, 4) is 0 Å². The Kier molecular flexibility index (Phi) is 3.18. The van der Waals surface area contributed by atoms with Crippen molar-refractivity contribution in [1.29, 1.82) is 0 Å². The van der Waals surface area contributed by atoms with Crippen molar-refractivity contribution in [3.05, 3.63) is 30.1 Å². The summed E-state index contributed by atoms with van der Waals surface area (Å²) in [6, 6.07) is 3.52. The summed E-state index contributed by atoms with van der Waals surface area (Å²) in [6.07, 6.45) is 4.29. The van der Waals surface area contributed by atoms with Gasteiger partial charge in [-0.15, -0.1) is 0 Å². The van der Waals surface area contributed by atoms with Gasteiger partial charge >= 0.3 is 0 Å². The minimum absolute atomic E-state index is 0.402. The predicted octanol–water partition coefficient (Wildman–Crippen LogP) is 1.55. The molecular formula is C12H14N4O. The fraction of sp³-hybridized carbons (Fsp3) is 0.250. The number of nitrogens with zero attached hydrogens (tertiary/aromatic N) is 2. The van der Waals surface area contributed by atoms with E-state index in [1.54, 1.807) is 24.5 Å². The molecule has 5 nitrogen and oxygen atoms in total. The number of rotatable bonds is 4. The van der Waals surface area contributed by atoms with Crippen molar-refractivity contribution in [3.63, 3.8) is 0 Å². The standard InChI is InChI=1S/C12H14N4O/c1-2-4-15-12-9(11(13)17)6-8-7-14-5-3-10(8)16-12/h3,5-7H,2,4H2,1H3,(H2,13,17)(H,15,16). The Labute approximate surface area is 99.1 Å². The molecule has 17 heavy (non-hydrogen) atoms. The Morgan fingerprint density at radius 1 is 1.53 bits per heavy atom. The molecule has 0 saturated heterocycles. The van der Waals surface area contributed by atoms with E-state index in [2.05, 4.69) is 15.3 Å². The first-order valence-electron chi connectivity index (χ1n) is 5.51. The number of nitrogens with one attached hydrogen (secondary N) is 1. The summed E-state index contributed by atoms with van der Waals surface area (Å²) in [6.45, 7) is 2.80. The zero-order valence-electron chi connectivity index (χ0n) is 9.60. The van der Waals surface area contributed by atoms with E-state index in [0.717, 1.165) is 23.9 Å². The smallest absolute Gasteiger partial charge is 0.252 e. The van der Waals surface area contributed by atoms with Gasteiger partial charge in [0.2, 0.25) is 0 Å². The highest BCUT2D eigenvalue weighted by molar-refractivity contribution is 6.01. The number of hydrogen-bond donors (Lipinski definition) is 2. The highest BCUT2D eigenvalue weighted by Crippen LogP contribution is 2.19. The Bertz CT molecular complexity index is 553. The summed E-state index contributed by atoms with van der Waals surface area (Å²) in [5, 5.41) is 3.91. The van der Waals surface area contributed by atoms with Gasteiger partial charge in [0.25, 0.3) is 5.91 Å². The molecule has 0 aromatic carbocycles. The van der Waals surface area contributed by atoms with Gasteiger partial charge in [-0.3, -0.25) is 9.78 Å². The van der Waals surface area contributed by atoms with Gasteiger partial charge in [0.15, 0.2) is 0 Å². The average Bonchev–Trinajstić information content (AvgIpc) is 2.35. The van der Waals surface area contributed by atoms with E-state index in [1.807, 2.05) is 6.92 Å². The molecule has 0 unspecified atom stereocenters. The number of fused-ring (bicyclic) bond motifs is 1. The Balaban J connectivity index is 2.54. The number of carbonyl (C=O) groups is 1. The van der Waals surface area contributed by atoms with Gasteiger partial charge in [0.1, 0.15) is 5.82 Å². The first-order chi connectivity index (χ1) is 8.22. The van der Waals surface area contributed by atoms with Gasteiger partial charge in [-0.25, -0.2) is 4.98 Å². The maximum atomic E-state index is 11.4. The minimum Gasteiger partial charge on any atom is -0.369 e. The van der Waals surface area contributed by atoms with E-state index in [1.165, 1.54) is 0 Å². The van der Waals surface area contributed by atoms with Crippen molar-refractivity contribution >= 4 is 22.6 Å². The molecule has 0 aliphatic carbocycles. The Morgan fingerprint density at radius 2 is 2.35 bits per heavy atom. The van der Waals surface area contributed by atoms with Crippen LogP contribution < -0.4 is 11.1 Å². The van der Waals surface area contributed by atoms with E-state index >= 15 is 0 Å². The third-order valence-electron chi connectivity index (χ3n) is 2.42. The molecule has 0 saturated carbocycles. The lowest BCUT2D eigenvalue weighted by Gasteiger charge is -2.09. The molecule has 0 aliphatic heterocycles. The number of amides is 1. The quantitative estimate of drug-likeness (QED) is 0.835. The van der Waals surface area contributed by atoms with Gasteiger partial charge < -0.3 is 11.1 Å². The van der Waals surface area contributed by atoms with Crippen LogP contribution in [0.3, 0.4) is 0 Å².